The first-order valence-corrected chi connectivity index (χ1v) is 7.56. The highest BCUT2D eigenvalue weighted by Gasteiger charge is 2.33. The Kier molecular flexibility index (Phi) is 4.50. The first-order chi connectivity index (χ1) is 8.99. The van der Waals surface area contributed by atoms with Gasteiger partial charge < -0.3 is 10.8 Å². The Hall–Kier alpha value is -1.03. The summed E-state index contributed by atoms with van der Waals surface area (Å²) in [6.45, 7) is 2.24. The number of nitrogen functional groups attached to an aromatic ring is 1. The highest BCUT2D eigenvalue weighted by molar-refractivity contribution is 9.10. The van der Waals surface area contributed by atoms with E-state index >= 15 is 0 Å². The van der Waals surface area contributed by atoms with Crippen molar-refractivity contribution in [2.75, 3.05) is 5.73 Å². The molecule has 1 fully saturated rings. The van der Waals surface area contributed by atoms with Gasteiger partial charge in [0.2, 0.25) is 0 Å². The Bertz CT molecular complexity index is 467. The van der Waals surface area contributed by atoms with Crippen LogP contribution in [0.1, 0.15) is 44.1 Å². The molecule has 104 valence electrons. The molecule has 3 N–H and O–H groups in total. The Balaban J connectivity index is 2.30. The minimum absolute atomic E-state index is 0.199. The third-order valence-corrected chi connectivity index (χ3v) is 4.68. The Morgan fingerprint density at radius 3 is 2.58 bits per heavy atom. The molecule has 1 saturated carbocycles. The molecule has 0 heterocycles. The number of nitrogens with two attached hydrogens (primary N) is 1. The van der Waals surface area contributed by atoms with Crippen LogP contribution in [0.3, 0.4) is 0 Å². The molecule has 0 amide bonds. The molecule has 1 aliphatic carbocycles. The van der Waals surface area contributed by atoms with Crippen LogP contribution >= 0.6 is 15.9 Å². The number of rotatable bonds is 3. The molecule has 0 radical (unpaired) electrons. The number of anilines is 1. The van der Waals surface area contributed by atoms with Crippen LogP contribution in [0, 0.1) is 11.8 Å². The SMILES string of the molecule is CC1CCC(C(C(=O)O)c2cc(Br)ccc2N)CC1. The maximum atomic E-state index is 11.7. The second-order valence-electron chi connectivity index (χ2n) is 5.61. The zero-order valence-electron chi connectivity index (χ0n) is 11.1. The summed E-state index contributed by atoms with van der Waals surface area (Å²) in [5.41, 5.74) is 7.31. The number of carbonyl (C=O) groups is 1. The zero-order valence-corrected chi connectivity index (χ0v) is 12.7. The molecule has 0 saturated heterocycles. The lowest BCUT2D eigenvalue weighted by Gasteiger charge is -2.31. The second-order valence-corrected chi connectivity index (χ2v) is 6.52. The van der Waals surface area contributed by atoms with E-state index in [1.54, 1.807) is 6.07 Å². The average Bonchev–Trinajstić information content (AvgIpc) is 2.36. The summed E-state index contributed by atoms with van der Waals surface area (Å²) in [7, 11) is 0. The lowest BCUT2D eigenvalue weighted by Crippen LogP contribution is -2.26. The van der Waals surface area contributed by atoms with Gasteiger partial charge in [-0.1, -0.05) is 35.7 Å². The van der Waals surface area contributed by atoms with Gasteiger partial charge >= 0.3 is 5.97 Å². The van der Waals surface area contributed by atoms with E-state index in [-0.39, 0.29) is 5.92 Å². The van der Waals surface area contributed by atoms with Gasteiger partial charge in [-0.2, -0.15) is 0 Å². The van der Waals surface area contributed by atoms with E-state index in [1.807, 2.05) is 12.1 Å². The predicted molar refractivity (Wildman–Crippen MR) is 80.1 cm³/mol. The maximum Gasteiger partial charge on any atom is 0.311 e. The smallest absolute Gasteiger partial charge is 0.311 e. The highest BCUT2D eigenvalue weighted by atomic mass is 79.9. The molecule has 1 unspecified atom stereocenters. The average molecular weight is 326 g/mol. The predicted octanol–water partition coefficient (Wildman–Crippen LogP) is 4.03. The molecule has 0 bridgehead atoms. The van der Waals surface area contributed by atoms with Gasteiger partial charge in [0.05, 0.1) is 5.92 Å². The summed E-state index contributed by atoms with van der Waals surface area (Å²) in [5, 5.41) is 9.59. The van der Waals surface area contributed by atoms with E-state index in [1.165, 1.54) is 0 Å². The van der Waals surface area contributed by atoms with Crippen LogP contribution in [0.2, 0.25) is 0 Å². The Morgan fingerprint density at radius 2 is 2.00 bits per heavy atom. The zero-order chi connectivity index (χ0) is 14.0. The van der Waals surface area contributed by atoms with Crippen molar-refractivity contribution in [2.24, 2.45) is 11.8 Å². The molecule has 1 atom stereocenters. The molecule has 1 aromatic rings. The summed E-state index contributed by atoms with van der Waals surface area (Å²) in [6, 6.07) is 5.48. The van der Waals surface area contributed by atoms with Crippen molar-refractivity contribution in [3.63, 3.8) is 0 Å². The Morgan fingerprint density at radius 1 is 1.37 bits per heavy atom. The number of benzene rings is 1. The number of carboxylic acid groups (broad SMARTS) is 1. The number of carboxylic acids is 1. The van der Waals surface area contributed by atoms with E-state index < -0.39 is 11.9 Å². The molecule has 1 aliphatic rings. The highest BCUT2D eigenvalue weighted by Crippen LogP contribution is 2.40. The van der Waals surface area contributed by atoms with Crippen LogP contribution in [0.4, 0.5) is 5.69 Å². The van der Waals surface area contributed by atoms with Crippen LogP contribution in [0.15, 0.2) is 22.7 Å². The van der Waals surface area contributed by atoms with Crippen molar-refractivity contribution in [3.05, 3.63) is 28.2 Å². The topological polar surface area (TPSA) is 63.3 Å². The van der Waals surface area contributed by atoms with Crippen molar-refractivity contribution < 1.29 is 9.90 Å². The molecule has 0 aliphatic heterocycles. The van der Waals surface area contributed by atoms with E-state index in [9.17, 15) is 9.90 Å². The van der Waals surface area contributed by atoms with Crippen molar-refractivity contribution in [3.8, 4) is 0 Å². The lowest BCUT2D eigenvalue weighted by molar-refractivity contribution is -0.140. The molecule has 19 heavy (non-hydrogen) atoms. The number of halogens is 1. The van der Waals surface area contributed by atoms with Gasteiger partial charge in [0, 0.05) is 10.2 Å². The summed E-state index contributed by atoms with van der Waals surface area (Å²) in [6.07, 6.45) is 4.18. The lowest BCUT2D eigenvalue weighted by atomic mass is 9.73. The normalized spacial score (nSPS) is 24.9. The molecular weight excluding hydrogens is 306 g/mol. The number of aliphatic carboxylic acids is 1. The molecule has 3 nitrogen and oxygen atoms in total. The monoisotopic (exact) mass is 325 g/mol. The molecule has 1 aromatic carbocycles. The van der Waals surface area contributed by atoms with Crippen LogP contribution < -0.4 is 5.73 Å². The van der Waals surface area contributed by atoms with Gasteiger partial charge in [-0.15, -0.1) is 0 Å². The van der Waals surface area contributed by atoms with E-state index in [0.29, 0.717) is 11.6 Å². The van der Waals surface area contributed by atoms with Crippen LogP contribution in [0.25, 0.3) is 0 Å². The minimum atomic E-state index is -0.760. The largest absolute Gasteiger partial charge is 0.481 e. The van der Waals surface area contributed by atoms with Crippen LogP contribution in [-0.2, 0) is 4.79 Å². The summed E-state index contributed by atoms with van der Waals surface area (Å²) >= 11 is 3.40. The summed E-state index contributed by atoms with van der Waals surface area (Å²) < 4.78 is 0.882. The van der Waals surface area contributed by atoms with E-state index in [0.717, 1.165) is 35.7 Å². The van der Waals surface area contributed by atoms with Crippen molar-refractivity contribution in [2.45, 2.75) is 38.5 Å². The third-order valence-electron chi connectivity index (χ3n) is 4.18. The summed E-state index contributed by atoms with van der Waals surface area (Å²) in [5.74, 6) is -0.329. The van der Waals surface area contributed by atoms with E-state index in [2.05, 4.69) is 22.9 Å². The fraction of sp³-hybridized carbons (Fsp3) is 0.533. The maximum absolute atomic E-state index is 11.7. The minimum Gasteiger partial charge on any atom is -0.481 e. The third kappa shape index (κ3) is 3.30. The molecule has 0 aromatic heterocycles. The molecule has 4 heteroatoms. The van der Waals surface area contributed by atoms with Crippen molar-refractivity contribution >= 4 is 27.6 Å². The van der Waals surface area contributed by atoms with Crippen LogP contribution in [-0.4, -0.2) is 11.1 Å². The van der Waals surface area contributed by atoms with Crippen molar-refractivity contribution in [1.82, 2.24) is 0 Å². The van der Waals surface area contributed by atoms with Gasteiger partial charge in [0.25, 0.3) is 0 Å². The van der Waals surface area contributed by atoms with Gasteiger partial charge in [-0.25, -0.2) is 0 Å². The molecular formula is C15H20BrNO2. The van der Waals surface area contributed by atoms with Crippen molar-refractivity contribution in [1.29, 1.82) is 0 Å². The quantitative estimate of drug-likeness (QED) is 0.825. The summed E-state index contributed by atoms with van der Waals surface area (Å²) in [4.78, 5) is 11.7. The Labute approximate surface area is 122 Å². The van der Waals surface area contributed by atoms with Gasteiger partial charge in [-0.05, 0) is 48.4 Å². The van der Waals surface area contributed by atoms with Gasteiger partial charge in [-0.3, -0.25) is 4.79 Å². The van der Waals surface area contributed by atoms with E-state index in [4.69, 9.17) is 5.73 Å². The first-order valence-electron chi connectivity index (χ1n) is 6.76. The molecule has 0 spiro atoms. The fourth-order valence-electron chi connectivity index (χ4n) is 3.02. The first kappa shape index (κ1) is 14.4. The van der Waals surface area contributed by atoms with Crippen LogP contribution in [0.5, 0.6) is 0 Å². The van der Waals surface area contributed by atoms with Gasteiger partial charge in [0.15, 0.2) is 0 Å². The fourth-order valence-corrected chi connectivity index (χ4v) is 3.40. The second kappa shape index (κ2) is 5.95. The molecule has 2 rings (SSSR count). The number of hydrogen-bond donors (Lipinski definition) is 2. The number of hydrogen-bond acceptors (Lipinski definition) is 2. The standard InChI is InChI=1S/C15H20BrNO2/c1-9-2-4-10(5-3-9)14(15(18)19)12-8-11(16)6-7-13(12)17/h6-10,14H,2-5,17H2,1H3,(H,18,19). The van der Waals surface area contributed by atoms with Gasteiger partial charge in [0.1, 0.15) is 0 Å².